The van der Waals surface area contributed by atoms with Crippen LogP contribution in [0.1, 0.15) is 28.8 Å². The number of aliphatic hydroxyl groups excluding tert-OH is 1. The molecule has 0 spiro atoms. The van der Waals surface area contributed by atoms with Crippen molar-refractivity contribution in [1.29, 1.82) is 5.41 Å². The number of nitrogens with zero attached hydrogens (tertiary/aromatic N) is 3. The number of likely N-dealkylation sites (tertiary alicyclic amines) is 1. The minimum atomic E-state index is -0.451. The average Bonchev–Trinajstić information content (AvgIpc) is 3.56. The lowest BCUT2D eigenvalue weighted by molar-refractivity contribution is 0.0765. The molecule has 1 aliphatic rings. The van der Waals surface area contributed by atoms with E-state index in [0.717, 1.165) is 35.3 Å². The lowest BCUT2D eigenvalue weighted by Crippen LogP contribution is -2.32. The zero-order chi connectivity index (χ0) is 27.4. The minimum absolute atomic E-state index is 0.0208. The van der Waals surface area contributed by atoms with Crippen molar-refractivity contribution in [2.45, 2.75) is 25.5 Å². The summed E-state index contributed by atoms with van der Waals surface area (Å²) in [6.07, 6.45) is 4.66. The molecule has 4 aromatic rings. The zero-order valence-corrected chi connectivity index (χ0v) is 21.5. The van der Waals surface area contributed by atoms with E-state index in [1.807, 2.05) is 42.6 Å². The number of amides is 1. The van der Waals surface area contributed by atoms with Gasteiger partial charge >= 0.3 is 0 Å². The Morgan fingerprint density at radius 1 is 1.10 bits per heavy atom. The summed E-state index contributed by atoms with van der Waals surface area (Å²) in [5.41, 5.74) is 9.54. The number of carbonyl (C=O) groups excluding carboxylic acids is 1. The summed E-state index contributed by atoms with van der Waals surface area (Å²) >= 11 is 0. The highest BCUT2D eigenvalue weighted by Crippen LogP contribution is 2.22. The van der Waals surface area contributed by atoms with Crippen molar-refractivity contribution in [3.63, 3.8) is 0 Å². The van der Waals surface area contributed by atoms with Gasteiger partial charge in [-0.3, -0.25) is 19.4 Å². The van der Waals surface area contributed by atoms with Crippen molar-refractivity contribution in [1.82, 2.24) is 29.9 Å². The van der Waals surface area contributed by atoms with E-state index in [0.29, 0.717) is 49.5 Å². The number of nitrogens with one attached hydrogen (secondary N) is 4. The van der Waals surface area contributed by atoms with Gasteiger partial charge in [0.05, 0.1) is 17.4 Å². The van der Waals surface area contributed by atoms with E-state index in [2.05, 4.69) is 20.6 Å². The summed E-state index contributed by atoms with van der Waals surface area (Å²) in [6.45, 7) is 3.07. The Labute approximate surface area is 225 Å². The summed E-state index contributed by atoms with van der Waals surface area (Å²) in [5, 5.41) is 23.0. The van der Waals surface area contributed by atoms with E-state index < -0.39 is 6.10 Å². The monoisotopic (exact) mass is 528 g/mol. The highest BCUT2D eigenvalue weighted by Gasteiger charge is 2.25. The number of guanidine groups is 1. The van der Waals surface area contributed by atoms with E-state index in [4.69, 9.17) is 11.1 Å². The second-order valence-corrected chi connectivity index (χ2v) is 9.70. The molecule has 1 atom stereocenters. The van der Waals surface area contributed by atoms with Crippen LogP contribution in [-0.4, -0.2) is 68.5 Å². The number of aromatic nitrogens is 3. The summed E-state index contributed by atoms with van der Waals surface area (Å²) in [6, 6.07) is 15.1. The molecule has 11 nitrogen and oxygen atoms in total. The molecule has 1 saturated heterocycles. The molecule has 7 N–H and O–H groups in total. The molecule has 1 fully saturated rings. The third-order valence-electron chi connectivity index (χ3n) is 6.80. The Morgan fingerprint density at radius 2 is 1.85 bits per heavy atom. The number of β-amino-alcohol motifs (C(OH)–C–C–N with tert-alkyl or cyclic N) is 1. The number of hydrogen-bond donors (Lipinski definition) is 6. The molecule has 1 aliphatic heterocycles. The van der Waals surface area contributed by atoms with Gasteiger partial charge in [-0.2, -0.15) is 4.98 Å². The first-order chi connectivity index (χ1) is 18.9. The fraction of sp³-hybridized carbons (Fsp3) is 0.286. The fourth-order valence-corrected chi connectivity index (χ4v) is 4.67. The van der Waals surface area contributed by atoms with E-state index in [-0.39, 0.29) is 17.4 Å². The Bertz CT molecular complexity index is 1530. The van der Waals surface area contributed by atoms with Crippen LogP contribution in [-0.2, 0) is 6.54 Å². The van der Waals surface area contributed by atoms with Gasteiger partial charge in [-0.25, -0.2) is 0 Å². The maximum atomic E-state index is 12.8. The Hall–Kier alpha value is -4.48. The predicted octanol–water partition coefficient (Wildman–Crippen LogP) is 1.53. The van der Waals surface area contributed by atoms with Crippen molar-refractivity contribution < 1.29 is 9.90 Å². The number of aliphatic hydroxyl groups is 1. The van der Waals surface area contributed by atoms with Crippen molar-refractivity contribution in [2.24, 2.45) is 5.73 Å². The molecule has 202 valence electrons. The average molecular weight is 529 g/mol. The summed E-state index contributed by atoms with van der Waals surface area (Å²) < 4.78 is 1.79. The molecule has 0 bridgehead atoms. The maximum Gasteiger partial charge on any atom is 0.282 e. The molecule has 0 saturated carbocycles. The molecule has 1 unspecified atom stereocenters. The highest BCUT2D eigenvalue weighted by molar-refractivity contribution is 5.94. The van der Waals surface area contributed by atoms with Crippen LogP contribution in [0.5, 0.6) is 0 Å². The standard InChI is InChI=1S/C28H32N8O3/c29-27(30)32-12-1-11-31-14-18-2-4-19(5-3-18)23-16-36-17-24(33-28(36)34-25(23)38)20-6-8-21(9-7-20)26(39)35-13-10-22(37)15-35/h2-9,16-17,22,31,37H,1,10-15H2,(H4,29,30,32)(H,33,34,38). The van der Waals surface area contributed by atoms with Gasteiger partial charge in [0.2, 0.25) is 5.78 Å². The number of carbonyl (C=O) groups is 1. The smallest absolute Gasteiger partial charge is 0.282 e. The number of nitrogens with two attached hydrogens (primary N) is 1. The van der Waals surface area contributed by atoms with Crippen molar-refractivity contribution in [3.8, 4) is 22.4 Å². The summed E-state index contributed by atoms with van der Waals surface area (Å²) in [4.78, 5) is 34.6. The number of fused-ring (bicyclic) bond motifs is 1. The van der Waals surface area contributed by atoms with Crippen LogP contribution in [0.15, 0.2) is 65.7 Å². The number of benzene rings is 2. The lowest BCUT2D eigenvalue weighted by atomic mass is 10.1. The van der Waals surface area contributed by atoms with Gasteiger partial charge in [0.1, 0.15) is 0 Å². The van der Waals surface area contributed by atoms with Gasteiger partial charge in [-0.05, 0) is 48.2 Å². The van der Waals surface area contributed by atoms with Crippen LogP contribution < -0.4 is 21.9 Å². The van der Waals surface area contributed by atoms with Crippen LogP contribution in [0.3, 0.4) is 0 Å². The van der Waals surface area contributed by atoms with E-state index in [1.54, 1.807) is 27.6 Å². The highest BCUT2D eigenvalue weighted by atomic mass is 16.3. The quantitative estimate of drug-likeness (QED) is 0.109. The Morgan fingerprint density at radius 3 is 2.54 bits per heavy atom. The number of imidazole rings is 1. The molecule has 2 aromatic heterocycles. The number of rotatable bonds is 9. The fourth-order valence-electron chi connectivity index (χ4n) is 4.67. The molecule has 2 aromatic carbocycles. The van der Waals surface area contributed by atoms with Gasteiger partial charge in [0.25, 0.3) is 11.5 Å². The first-order valence-electron chi connectivity index (χ1n) is 12.9. The number of hydrogen-bond acceptors (Lipinski definition) is 6. The van der Waals surface area contributed by atoms with Gasteiger partial charge in [0, 0.05) is 44.1 Å². The Kier molecular flexibility index (Phi) is 7.71. The summed E-state index contributed by atoms with van der Waals surface area (Å²) in [5.74, 6) is 0.327. The second kappa shape index (κ2) is 11.5. The first-order valence-corrected chi connectivity index (χ1v) is 12.9. The molecule has 0 radical (unpaired) electrons. The van der Waals surface area contributed by atoms with Gasteiger partial charge in [-0.1, -0.05) is 36.4 Å². The van der Waals surface area contributed by atoms with Gasteiger partial charge < -0.3 is 31.4 Å². The second-order valence-electron chi connectivity index (χ2n) is 9.70. The largest absolute Gasteiger partial charge is 0.391 e. The van der Waals surface area contributed by atoms with Crippen molar-refractivity contribution in [2.75, 3.05) is 26.2 Å². The molecule has 5 rings (SSSR count). The Balaban J connectivity index is 1.26. The molecule has 39 heavy (non-hydrogen) atoms. The summed E-state index contributed by atoms with van der Waals surface area (Å²) in [7, 11) is 0. The number of H-pyrrole nitrogens is 1. The maximum absolute atomic E-state index is 12.8. The van der Waals surface area contributed by atoms with E-state index in [9.17, 15) is 14.7 Å². The van der Waals surface area contributed by atoms with Crippen LogP contribution in [0, 0.1) is 5.41 Å². The van der Waals surface area contributed by atoms with Gasteiger partial charge in [-0.15, -0.1) is 0 Å². The first kappa shape index (κ1) is 26.1. The van der Waals surface area contributed by atoms with Gasteiger partial charge in [0.15, 0.2) is 5.96 Å². The molecule has 3 heterocycles. The van der Waals surface area contributed by atoms with E-state index >= 15 is 0 Å². The third-order valence-corrected chi connectivity index (χ3v) is 6.80. The van der Waals surface area contributed by atoms with Crippen LogP contribution in [0.4, 0.5) is 0 Å². The van der Waals surface area contributed by atoms with Crippen LogP contribution in [0.2, 0.25) is 0 Å². The number of aromatic amines is 1. The SMILES string of the molecule is N=C(N)NCCCNCc1ccc(-c2cn3cc(-c4ccc(C(=O)N5CCC(O)C5)cc4)[nH]c3nc2=O)cc1. The van der Waals surface area contributed by atoms with E-state index in [1.165, 1.54) is 0 Å². The van der Waals surface area contributed by atoms with Crippen molar-refractivity contribution >= 4 is 17.6 Å². The molecule has 1 amide bonds. The van der Waals surface area contributed by atoms with Crippen LogP contribution >= 0.6 is 0 Å². The normalized spacial score (nSPS) is 15.1. The minimum Gasteiger partial charge on any atom is -0.391 e. The predicted molar refractivity (Wildman–Crippen MR) is 149 cm³/mol. The topological polar surface area (TPSA) is 165 Å². The molecule has 0 aliphatic carbocycles. The zero-order valence-electron chi connectivity index (χ0n) is 21.5. The van der Waals surface area contributed by atoms with Crippen molar-refractivity contribution in [3.05, 3.63) is 82.4 Å². The molecular formula is C28H32N8O3. The lowest BCUT2D eigenvalue weighted by Gasteiger charge is -2.15. The third kappa shape index (κ3) is 6.16. The van der Waals surface area contributed by atoms with Crippen LogP contribution in [0.25, 0.3) is 28.2 Å². The molecular weight excluding hydrogens is 496 g/mol. The molecule has 11 heteroatoms.